The molecule has 84 valence electrons. The lowest BCUT2D eigenvalue weighted by molar-refractivity contribution is 0.300. The molecule has 0 aromatic heterocycles. The molecule has 0 aliphatic heterocycles. The highest BCUT2D eigenvalue weighted by molar-refractivity contribution is 7.87. The minimum absolute atomic E-state index is 0.0694. The maximum absolute atomic E-state index is 11.3. The van der Waals surface area contributed by atoms with Gasteiger partial charge in [0.05, 0.1) is 6.61 Å². The lowest BCUT2D eigenvalue weighted by Gasteiger charge is -2.22. The number of hydrogen-bond donors (Lipinski definition) is 3. The Balaban J connectivity index is 2.33. The minimum atomic E-state index is -3.40. The lowest BCUT2D eigenvalue weighted by Crippen LogP contribution is -2.44. The lowest BCUT2D eigenvalue weighted by atomic mass is 9.96. The molecule has 0 unspecified atom stereocenters. The van der Waals surface area contributed by atoms with Crippen LogP contribution in [0.5, 0.6) is 0 Å². The molecule has 3 N–H and O–H groups in total. The Hall–Kier alpha value is -0.170. The van der Waals surface area contributed by atoms with Crippen LogP contribution in [0.1, 0.15) is 32.1 Å². The second kappa shape index (κ2) is 5.65. The molecule has 1 aliphatic rings. The van der Waals surface area contributed by atoms with Gasteiger partial charge in [0, 0.05) is 12.6 Å². The van der Waals surface area contributed by atoms with Crippen molar-refractivity contribution in [2.24, 2.45) is 0 Å². The molecule has 14 heavy (non-hydrogen) atoms. The molecule has 0 saturated heterocycles. The fraction of sp³-hybridized carbons (Fsp3) is 1.00. The standard InChI is InChI=1S/C8H18N2O3S/c11-7-6-9-14(12,13)10-8-4-2-1-3-5-8/h8-11H,1-7H2. The summed E-state index contributed by atoms with van der Waals surface area (Å²) in [5.74, 6) is 0. The summed E-state index contributed by atoms with van der Waals surface area (Å²) in [4.78, 5) is 0. The zero-order valence-corrected chi connectivity index (χ0v) is 9.02. The van der Waals surface area contributed by atoms with Gasteiger partial charge in [0.1, 0.15) is 0 Å². The predicted octanol–water partition coefficient (Wildman–Crippen LogP) is -0.265. The summed E-state index contributed by atoms with van der Waals surface area (Å²) in [6.07, 6.45) is 5.21. The predicted molar refractivity (Wildman–Crippen MR) is 54.0 cm³/mol. The van der Waals surface area contributed by atoms with Crippen LogP contribution in [0, 0.1) is 0 Å². The first-order valence-corrected chi connectivity index (χ1v) is 6.50. The highest BCUT2D eigenvalue weighted by Crippen LogP contribution is 2.17. The molecule has 0 amide bonds. The number of rotatable bonds is 5. The van der Waals surface area contributed by atoms with E-state index in [1.165, 1.54) is 6.42 Å². The summed E-state index contributed by atoms with van der Waals surface area (Å²) in [6, 6.07) is 0.0694. The van der Waals surface area contributed by atoms with Crippen LogP contribution in [-0.2, 0) is 10.2 Å². The van der Waals surface area contributed by atoms with Gasteiger partial charge in [-0.2, -0.15) is 17.9 Å². The Morgan fingerprint density at radius 1 is 1.21 bits per heavy atom. The van der Waals surface area contributed by atoms with Crippen LogP contribution in [0.3, 0.4) is 0 Å². The third-order valence-electron chi connectivity index (χ3n) is 2.33. The van der Waals surface area contributed by atoms with E-state index in [9.17, 15) is 8.42 Å². The van der Waals surface area contributed by atoms with Crippen molar-refractivity contribution in [1.29, 1.82) is 0 Å². The smallest absolute Gasteiger partial charge is 0.277 e. The van der Waals surface area contributed by atoms with E-state index in [1.807, 2.05) is 0 Å². The van der Waals surface area contributed by atoms with Crippen molar-refractivity contribution in [1.82, 2.24) is 9.44 Å². The van der Waals surface area contributed by atoms with Crippen molar-refractivity contribution in [3.8, 4) is 0 Å². The van der Waals surface area contributed by atoms with Gasteiger partial charge in [-0.25, -0.2) is 0 Å². The molecule has 0 atom stereocenters. The van der Waals surface area contributed by atoms with Gasteiger partial charge in [0.25, 0.3) is 10.2 Å². The Kier molecular flexibility index (Phi) is 4.80. The van der Waals surface area contributed by atoms with Crippen molar-refractivity contribution < 1.29 is 13.5 Å². The van der Waals surface area contributed by atoms with Crippen molar-refractivity contribution in [2.75, 3.05) is 13.2 Å². The fourth-order valence-electron chi connectivity index (χ4n) is 1.66. The van der Waals surface area contributed by atoms with Gasteiger partial charge >= 0.3 is 0 Å². The molecular formula is C8H18N2O3S. The summed E-state index contributed by atoms with van der Waals surface area (Å²) in [6.45, 7) is -0.104. The topological polar surface area (TPSA) is 78.4 Å². The molecule has 1 aliphatic carbocycles. The van der Waals surface area contributed by atoms with Gasteiger partial charge in [-0.05, 0) is 12.8 Å². The van der Waals surface area contributed by atoms with Crippen molar-refractivity contribution >= 4 is 10.2 Å². The van der Waals surface area contributed by atoms with E-state index in [1.54, 1.807) is 0 Å². The molecular weight excluding hydrogens is 204 g/mol. The van der Waals surface area contributed by atoms with E-state index in [0.717, 1.165) is 25.7 Å². The van der Waals surface area contributed by atoms with Gasteiger partial charge in [0.15, 0.2) is 0 Å². The van der Waals surface area contributed by atoms with Crippen LogP contribution < -0.4 is 9.44 Å². The van der Waals surface area contributed by atoms with E-state index in [0.29, 0.717) is 0 Å². The van der Waals surface area contributed by atoms with Crippen LogP contribution in [0.2, 0.25) is 0 Å². The first-order chi connectivity index (χ1) is 6.64. The van der Waals surface area contributed by atoms with Gasteiger partial charge in [-0.15, -0.1) is 0 Å². The van der Waals surface area contributed by atoms with E-state index in [-0.39, 0.29) is 19.2 Å². The Morgan fingerprint density at radius 3 is 2.43 bits per heavy atom. The summed E-state index contributed by atoms with van der Waals surface area (Å²) in [5.41, 5.74) is 0. The molecule has 0 aromatic carbocycles. The van der Waals surface area contributed by atoms with E-state index in [2.05, 4.69) is 9.44 Å². The number of hydrogen-bond acceptors (Lipinski definition) is 3. The summed E-state index contributed by atoms with van der Waals surface area (Å²) in [7, 11) is -3.40. The second-order valence-electron chi connectivity index (χ2n) is 3.57. The maximum Gasteiger partial charge on any atom is 0.277 e. The quantitative estimate of drug-likeness (QED) is 0.599. The molecule has 1 rings (SSSR count). The third kappa shape index (κ3) is 4.36. The average molecular weight is 222 g/mol. The van der Waals surface area contributed by atoms with Gasteiger partial charge in [-0.3, -0.25) is 0 Å². The van der Waals surface area contributed by atoms with Crippen LogP contribution in [0.25, 0.3) is 0 Å². The first kappa shape index (κ1) is 11.9. The molecule has 5 nitrogen and oxygen atoms in total. The van der Waals surface area contributed by atoms with Crippen LogP contribution in [-0.4, -0.2) is 32.7 Å². The molecule has 0 heterocycles. The molecule has 6 heteroatoms. The zero-order valence-electron chi connectivity index (χ0n) is 8.20. The van der Waals surface area contributed by atoms with Crippen molar-refractivity contribution in [3.05, 3.63) is 0 Å². The Morgan fingerprint density at radius 2 is 1.86 bits per heavy atom. The van der Waals surface area contributed by atoms with Crippen LogP contribution >= 0.6 is 0 Å². The normalized spacial score (nSPS) is 19.8. The Bertz CT molecular complexity index is 247. The van der Waals surface area contributed by atoms with Crippen LogP contribution in [0.15, 0.2) is 0 Å². The molecule has 0 spiro atoms. The average Bonchev–Trinajstić information content (AvgIpc) is 2.16. The molecule has 0 radical (unpaired) electrons. The monoisotopic (exact) mass is 222 g/mol. The van der Waals surface area contributed by atoms with E-state index < -0.39 is 10.2 Å². The van der Waals surface area contributed by atoms with Crippen molar-refractivity contribution in [3.63, 3.8) is 0 Å². The SMILES string of the molecule is O=S(=O)(NCCO)NC1CCCCC1. The van der Waals surface area contributed by atoms with Crippen molar-refractivity contribution in [2.45, 2.75) is 38.1 Å². The number of aliphatic hydroxyl groups excluding tert-OH is 1. The van der Waals surface area contributed by atoms with E-state index in [4.69, 9.17) is 5.11 Å². The first-order valence-electron chi connectivity index (χ1n) is 5.02. The van der Waals surface area contributed by atoms with Gasteiger partial charge in [-0.1, -0.05) is 19.3 Å². The number of nitrogens with one attached hydrogen (secondary N) is 2. The molecule has 0 bridgehead atoms. The summed E-state index contributed by atoms with van der Waals surface area (Å²) in [5, 5.41) is 8.48. The van der Waals surface area contributed by atoms with Gasteiger partial charge in [0.2, 0.25) is 0 Å². The fourth-order valence-corrected chi connectivity index (χ4v) is 2.78. The second-order valence-corrected chi connectivity index (χ2v) is 5.11. The molecule has 1 saturated carbocycles. The highest BCUT2D eigenvalue weighted by Gasteiger charge is 2.19. The summed E-state index contributed by atoms with van der Waals surface area (Å²) < 4.78 is 27.5. The molecule has 0 aromatic rings. The minimum Gasteiger partial charge on any atom is -0.395 e. The summed E-state index contributed by atoms with van der Waals surface area (Å²) >= 11 is 0. The largest absolute Gasteiger partial charge is 0.395 e. The highest BCUT2D eigenvalue weighted by atomic mass is 32.2. The zero-order chi connectivity index (χ0) is 10.4. The van der Waals surface area contributed by atoms with Gasteiger partial charge < -0.3 is 5.11 Å². The maximum atomic E-state index is 11.3. The number of aliphatic hydroxyl groups is 1. The van der Waals surface area contributed by atoms with E-state index >= 15 is 0 Å². The Labute approximate surface area is 85.1 Å². The molecule has 1 fully saturated rings. The van der Waals surface area contributed by atoms with Crippen LogP contribution in [0.4, 0.5) is 0 Å². The third-order valence-corrected chi connectivity index (χ3v) is 3.56.